The second-order valence-electron chi connectivity index (χ2n) is 7.87. The van der Waals surface area contributed by atoms with Crippen molar-refractivity contribution in [3.8, 4) is 0 Å². The van der Waals surface area contributed by atoms with Crippen molar-refractivity contribution in [1.29, 1.82) is 0 Å². The second-order valence-corrected chi connectivity index (χ2v) is 7.87. The van der Waals surface area contributed by atoms with Gasteiger partial charge >= 0.3 is 0 Å². The molecule has 4 nitrogen and oxygen atoms in total. The van der Waals surface area contributed by atoms with Crippen LogP contribution in [0.4, 0.5) is 0 Å². The predicted molar refractivity (Wildman–Crippen MR) is 122 cm³/mol. The topological polar surface area (TPSA) is 64.5 Å². The Bertz CT molecular complexity index is 794. The van der Waals surface area contributed by atoms with E-state index in [-0.39, 0.29) is 12.1 Å². The van der Waals surface area contributed by atoms with Crippen molar-refractivity contribution in [2.24, 2.45) is 0 Å². The molecule has 0 amide bonds. The van der Waals surface area contributed by atoms with E-state index in [1.54, 1.807) is 0 Å². The summed E-state index contributed by atoms with van der Waals surface area (Å²) in [5, 5.41) is 27.7. The molecule has 0 spiro atoms. The van der Waals surface area contributed by atoms with Crippen LogP contribution in [0.15, 0.2) is 84.9 Å². The summed E-state index contributed by atoms with van der Waals surface area (Å²) < 4.78 is 0. The molecule has 30 heavy (non-hydrogen) atoms. The van der Waals surface area contributed by atoms with Gasteiger partial charge in [-0.15, -0.1) is 0 Å². The maximum absolute atomic E-state index is 10.5. The molecule has 3 aromatic rings. The van der Waals surface area contributed by atoms with Crippen LogP contribution in [0.2, 0.25) is 0 Å². The lowest BCUT2D eigenvalue weighted by Crippen LogP contribution is -2.32. The van der Waals surface area contributed by atoms with Crippen molar-refractivity contribution in [3.05, 3.63) is 107 Å². The number of benzene rings is 3. The van der Waals surface area contributed by atoms with Crippen molar-refractivity contribution in [2.75, 3.05) is 0 Å². The fourth-order valence-electron chi connectivity index (χ4n) is 3.43. The Kier molecular flexibility index (Phi) is 8.17. The van der Waals surface area contributed by atoms with Crippen LogP contribution in [0.25, 0.3) is 0 Å². The van der Waals surface area contributed by atoms with Crippen molar-refractivity contribution < 1.29 is 10.2 Å². The fourth-order valence-corrected chi connectivity index (χ4v) is 3.43. The standard InChI is InChI=1S/C26H32N2O2/c1-19(25(29)23-9-5-3-6-10-23)27-17-21-13-15-22(16-14-21)18-28-20(2)26(30)24-11-7-4-8-12-24/h3-16,19-20,25-30H,17-18H2,1-2H3. The smallest absolute Gasteiger partial charge is 0.0940 e. The summed E-state index contributed by atoms with van der Waals surface area (Å²) in [6, 6.07) is 27.8. The third kappa shape index (κ3) is 6.25. The van der Waals surface area contributed by atoms with Gasteiger partial charge < -0.3 is 20.8 Å². The van der Waals surface area contributed by atoms with Crippen molar-refractivity contribution in [1.82, 2.24) is 10.6 Å². The Morgan fingerprint density at radius 1 is 0.567 bits per heavy atom. The maximum atomic E-state index is 10.5. The molecule has 4 N–H and O–H groups in total. The summed E-state index contributed by atoms with van der Waals surface area (Å²) in [5.41, 5.74) is 4.18. The zero-order valence-electron chi connectivity index (χ0n) is 17.7. The molecule has 0 aliphatic heterocycles. The summed E-state index contributed by atoms with van der Waals surface area (Å²) in [6.07, 6.45) is -1.07. The summed E-state index contributed by atoms with van der Waals surface area (Å²) >= 11 is 0. The molecule has 3 aromatic carbocycles. The highest BCUT2D eigenvalue weighted by Crippen LogP contribution is 2.18. The SMILES string of the molecule is CC(NCc1ccc(CNC(C)C(O)c2ccccc2)cc1)C(O)c1ccccc1. The van der Waals surface area contributed by atoms with E-state index >= 15 is 0 Å². The van der Waals surface area contributed by atoms with Crippen LogP contribution < -0.4 is 10.6 Å². The van der Waals surface area contributed by atoms with Gasteiger partial charge in [0, 0.05) is 25.2 Å². The first-order chi connectivity index (χ1) is 14.5. The van der Waals surface area contributed by atoms with Crippen LogP contribution in [0.1, 0.15) is 48.3 Å². The molecule has 0 heterocycles. The molecule has 0 radical (unpaired) electrons. The number of hydrogen-bond acceptors (Lipinski definition) is 4. The molecule has 3 rings (SSSR count). The molecule has 0 aliphatic rings. The highest BCUT2D eigenvalue weighted by atomic mass is 16.3. The van der Waals surface area contributed by atoms with Gasteiger partial charge in [-0.25, -0.2) is 0 Å². The van der Waals surface area contributed by atoms with Crippen molar-refractivity contribution in [3.63, 3.8) is 0 Å². The molecular formula is C26H32N2O2. The van der Waals surface area contributed by atoms with E-state index in [9.17, 15) is 10.2 Å². The van der Waals surface area contributed by atoms with Gasteiger partial charge in [-0.1, -0.05) is 84.9 Å². The average molecular weight is 405 g/mol. The minimum atomic E-state index is -0.535. The lowest BCUT2D eigenvalue weighted by atomic mass is 10.0. The van der Waals surface area contributed by atoms with Crippen LogP contribution >= 0.6 is 0 Å². The minimum Gasteiger partial charge on any atom is -0.387 e. The van der Waals surface area contributed by atoms with E-state index in [1.165, 1.54) is 11.1 Å². The van der Waals surface area contributed by atoms with Gasteiger partial charge in [-0.05, 0) is 36.1 Å². The highest BCUT2D eigenvalue weighted by molar-refractivity contribution is 5.24. The number of aliphatic hydroxyl groups excluding tert-OH is 2. The van der Waals surface area contributed by atoms with Gasteiger partial charge in [0.15, 0.2) is 0 Å². The number of aliphatic hydroxyl groups is 2. The summed E-state index contributed by atoms with van der Waals surface area (Å²) in [5.74, 6) is 0. The van der Waals surface area contributed by atoms with Gasteiger partial charge in [-0.2, -0.15) is 0 Å². The Morgan fingerprint density at radius 3 is 1.23 bits per heavy atom. The minimum absolute atomic E-state index is 0.0472. The molecule has 0 aromatic heterocycles. The monoisotopic (exact) mass is 404 g/mol. The summed E-state index contributed by atoms with van der Waals surface area (Å²) in [7, 11) is 0. The maximum Gasteiger partial charge on any atom is 0.0940 e. The first-order valence-electron chi connectivity index (χ1n) is 10.5. The largest absolute Gasteiger partial charge is 0.387 e. The lowest BCUT2D eigenvalue weighted by Gasteiger charge is -2.21. The van der Waals surface area contributed by atoms with Crippen LogP contribution in [0.3, 0.4) is 0 Å². The van der Waals surface area contributed by atoms with Gasteiger partial charge in [-0.3, -0.25) is 0 Å². The Labute approximate surface area is 179 Å². The van der Waals surface area contributed by atoms with Gasteiger partial charge in [0.25, 0.3) is 0 Å². The predicted octanol–water partition coefficient (Wildman–Crippen LogP) is 4.11. The van der Waals surface area contributed by atoms with E-state index < -0.39 is 12.2 Å². The van der Waals surface area contributed by atoms with E-state index in [0.29, 0.717) is 13.1 Å². The normalized spacial score (nSPS) is 15.3. The summed E-state index contributed by atoms with van der Waals surface area (Å²) in [6.45, 7) is 5.38. The van der Waals surface area contributed by atoms with Gasteiger partial charge in [0.2, 0.25) is 0 Å². The van der Waals surface area contributed by atoms with Crippen LogP contribution in [-0.4, -0.2) is 22.3 Å². The quantitative estimate of drug-likeness (QED) is 0.411. The Morgan fingerprint density at radius 2 is 0.900 bits per heavy atom. The number of rotatable bonds is 10. The molecule has 0 saturated carbocycles. The van der Waals surface area contributed by atoms with Crippen LogP contribution in [0, 0.1) is 0 Å². The molecule has 4 unspecified atom stereocenters. The molecule has 0 saturated heterocycles. The third-order valence-corrected chi connectivity index (χ3v) is 5.51. The second kappa shape index (κ2) is 11.0. The Balaban J connectivity index is 1.45. The molecule has 4 heteroatoms. The molecule has 158 valence electrons. The van der Waals surface area contributed by atoms with E-state index in [1.807, 2.05) is 74.5 Å². The zero-order valence-corrected chi connectivity index (χ0v) is 17.7. The van der Waals surface area contributed by atoms with E-state index in [4.69, 9.17) is 0 Å². The molecule has 0 bridgehead atoms. The van der Waals surface area contributed by atoms with Gasteiger partial charge in [0.05, 0.1) is 12.2 Å². The lowest BCUT2D eigenvalue weighted by molar-refractivity contribution is 0.135. The van der Waals surface area contributed by atoms with Crippen LogP contribution in [0.5, 0.6) is 0 Å². The van der Waals surface area contributed by atoms with Crippen molar-refractivity contribution in [2.45, 2.75) is 51.2 Å². The third-order valence-electron chi connectivity index (χ3n) is 5.51. The first kappa shape index (κ1) is 22.2. The first-order valence-corrected chi connectivity index (χ1v) is 10.5. The molecular weight excluding hydrogens is 372 g/mol. The molecule has 0 aliphatic carbocycles. The number of nitrogens with one attached hydrogen (secondary N) is 2. The fraction of sp³-hybridized carbons (Fsp3) is 0.308. The van der Waals surface area contributed by atoms with E-state index in [0.717, 1.165) is 11.1 Å². The molecule has 0 fully saturated rings. The van der Waals surface area contributed by atoms with Crippen LogP contribution in [-0.2, 0) is 13.1 Å². The zero-order chi connectivity index (χ0) is 21.3. The van der Waals surface area contributed by atoms with E-state index in [2.05, 4.69) is 34.9 Å². The van der Waals surface area contributed by atoms with Crippen molar-refractivity contribution >= 4 is 0 Å². The Hall–Kier alpha value is -2.50. The summed E-state index contributed by atoms with van der Waals surface area (Å²) in [4.78, 5) is 0. The highest BCUT2D eigenvalue weighted by Gasteiger charge is 2.16. The molecule has 4 atom stereocenters. The van der Waals surface area contributed by atoms with Gasteiger partial charge in [0.1, 0.15) is 0 Å². The average Bonchev–Trinajstić information content (AvgIpc) is 2.81. The number of hydrogen-bond donors (Lipinski definition) is 4.